The molecule has 1 aliphatic heterocycles. The topological polar surface area (TPSA) is 72.4 Å². The number of benzene rings is 2. The van der Waals surface area contributed by atoms with Crippen molar-refractivity contribution in [1.82, 2.24) is 15.0 Å². The fraction of sp³-hybridized carbons (Fsp3) is 0.208. The van der Waals surface area contributed by atoms with Crippen molar-refractivity contribution in [2.45, 2.75) is 25.3 Å². The molecule has 2 aromatic heterocycles. The van der Waals surface area contributed by atoms with E-state index in [1.807, 2.05) is 24.3 Å². The summed E-state index contributed by atoms with van der Waals surface area (Å²) in [6.45, 7) is 0.547. The first-order chi connectivity index (χ1) is 15.6. The van der Waals surface area contributed by atoms with E-state index in [0.717, 1.165) is 18.4 Å². The van der Waals surface area contributed by atoms with Gasteiger partial charge in [-0.15, -0.1) is 0 Å². The fourth-order valence-corrected chi connectivity index (χ4v) is 4.20. The lowest BCUT2D eigenvalue weighted by atomic mass is 10.1. The molecule has 0 bridgehead atoms. The third kappa shape index (κ3) is 4.03. The van der Waals surface area contributed by atoms with Crippen LogP contribution in [0, 0.1) is 5.82 Å². The van der Waals surface area contributed by atoms with Gasteiger partial charge in [-0.3, -0.25) is 4.79 Å². The number of hydrogen-bond donors (Lipinski definition) is 0. The van der Waals surface area contributed by atoms with Crippen LogP contribution in [0.2, 0.25) is 5.02 Å². The van der Waals surface area contributed by atoms with Crippen molar-refractivity contribution in [3.63, 3.8) is 0 Å². The zero-order valence-corrected chi connectivity index (χ0v) is 17.8. The molecule has 1 fully saturated rings. The lowest BCUT2D eigenvalue weighted by Crippen LogP contribution is -2.30. The average molecular weight is 452 g/mol. The molecule has 0 aliphatic carbocycles. The Labute approximate surface area is 188 Å². The van der Waals surface area contributed by atoms with Crippen LogP contribution < -0.4 is 0 Å². The van der Waals surface area contributed by atoms with E-state index >= 15 is 0 Å². The number of carbonyl (C=O) groups excluding carboxylic acids is 1. The second-order valence-corrected chi connectivity index (χ2v) is 8.12. The zero-order valence-electron chi connectivity index (χ0n) is 17.0. The Bertz CT molecular complexity index is 1270. The Balaban J connectivity index is 1.33. The van der Waals surface area contributed by atoms with E-state index in [1.165, 1.54) is 12.1 Å². The van der Waals surface area contributed by atoms with Crippen LogP contribution in [0.3, 0.4) is 0 Å². The predicted molar refractivity (Wildman–Crippen MR) is 116 cm³/mol. The third-order valence-electron chi connectivity index (χ3n) is 5.51. The van der Waals surface area contributed by atoms with Gasteiger partial charge in [0, 0.05) is 29.6 Å². The van der Waals surface area contributed by atoms with Crippen molar-refractivity contribution in [2.24, 2.45) is 0 Å². The van der Waals surface area contributed by atoms with Gasteiger partial charge in [0.15, 0.2) is 0 Å². The summed E-state index contributed by atoms with van der Waals surface area (Å²) in [5.74, 6) is 0.494. The molecule has 4 aromatic rings. The maximum atomic E-state index is 14.0. The molecule has 1 saturated heterocycles. The summed E-state index contributed by atoms with van der Waals surface area (Å²) in [5.41, 5.74) is 1.58. The molecule has 2 aromatic carbocycles. The minimum atomic E-state index is -0.425. The van der Waals surface area contributed by atoms with E-state index in [-0.39, 0.29) is 29.0 Å². The van der Waals surface area contributed by atoms with Crippen LogP contribution in [0.1, 0.15) is 46.7 Å². The second kappa shape index (κ2) is 8.59. The maximum Gasteiger partial charge on any atom is 0.293 e. The first-order valence-electron chi connectivity index (χ1n) is 10.3. The summed E-state index contributed by atoms with van der Waals surface area (Å²) in [4.78, 5) is 19.2. The Kier molecular flexibility index (Phi) is 5.49. The Morgan fingerprint density at radius 2 is 2.06 bits per heavy atom. The molecular formula is C24H19ClFN3O3. The first kappa shape index (κ1) is 20.5. The lowest BCUT2D eigenvalue weighted by Gasteiger charge is -2.20. The molecule has 1 aliphatic rings. The molecule has 162 valence electrons. The highest BCUT2D eigenvalue weighted by Crippen LogP contribution is 2.34. The fourth-order valence-electron chi connectivity index (χ4n) is 3.99. The molecule has 8 heteroatoms. The van der Waals surface area contributed by atoms with Crippen molar-refractivity contribution < 1.29 is 18.1 Å². The van der Waals surface area contributed by atoms with E-state index in [1.54, 1.807) is 29.3 Å². The predicted octanol–water partition coefficient (Wildman–Crippen LogP) is 5.69. The summed E-state index contributed by atoms with van der Waals surface area (Å²) in [6, 6.07) is 15.0. The number of rotatable bonds is 5. The van der Waals surface area contributed by atoms with Crippen LogP contribution >= 0.6 is 11.6 Å². The summed E-state index contributed by atoms with van der Waals surface area (Å²) >= 11 is 6.06. The van der Waals surface area contributed by atoms with Gasteiger partial charge in [-0.05, 0) is 42.7 Å². The third-order valence-corrected chi connectivity index (χ3v) is 5.74. The van der Waals surface area contributed by atoms with Crippen molar-refractivity contribution in [1.29, 1.82) is 0 Å². The minimum absolute atomic E-state index is 0.0564. The van der Waals surface area contributed by atoms with E-state index in [9.17, 15) is 9.18 Å². The van der Waals surface area contributed by atoms with Crippen LogP contribution in [0.5, 0.6) is 0 Å². The number of oxazole rings is 1. The van der Waals surface area contributed by atoms with E-state index < -0.39 is 5.82 Å². The van der Waals surface area contributed by atoms with Gasteiger partial charge in [0.2, 0.25) is 11.7 Å². The number of halogens is 2. The van der Waals surface area contributed by atoms with Crippen LogP contribution in [-0.2, 0) is 6.42 Å². The summed E-state index contributed by atoms with van der Waals surface area (Å²) < 4.78 is 25.3. The summed E-state index contributed by atoms with van der Waals surface area (Å²) in [6.07, 6.45) is 3.79. The summed E-state index contributed by atoms with van der Waals surface area (Å²) in [7, 11) is 0. The van der Waals surface area contributed by atoms with E-state index in [0.29, 0.717) is 29.6 Å². The lowest BCUT2D eigenvalue weighted by molar-refractivity contribution is 0.0672. The van der Waals surface area contributed by atoms with Gasteiger partial charge in [0.1, 0.15) is 23.3 Å². The highest BCUT2D eigenvalue weighted by Gasteiger charge is 2.35. The van der Waals surface area contributed by atoms with Crippen LogP contribution in [0.25, 0.3) is 11.3 Å². The molecule has 5 rings (SSSR count). The Hall–Kier alpha value is -3.45. The number of hydrogen-bond acceptors (Lipinski definition) is 5. The van der Waals surface area contributed by atoms with E-state index in [4.69, 9.17) is 20.5 Å². The van der Waals surface area contributed by atoms with Gasteiger partial charge in [0.25, 0.3) is 5.91 Å². The normalized spacial score (nSPS) is 15.9. The number of likely N-dealkylation sites (tertiary alicyclic amines) is 1. The molecule has 0 radical (unpaired) electrons. The van der Waals surface area contributed by atoms with E-state index in [2.05, 4.69) is 10.1 Å². The highest BCUT2D eigenvalue weighted by atomic mass is 35.5. The quantitative estimate of drug-likeness (QED) is 0.389. The maximum absolute atomic E-state index is 14.0. The van der Waals surface area contributed by atoms with Crippen LogP contribution in [0.15, 0.2) is 69.7 Å². The number of aromatic nitrogens is 2. The smallest absolute Gasteiger partial charge is 0.293 e. The van der Waals surface area contributed by atoms with Crippen molar-refractivity contribution in [3.8, 4) is 11.3 Å². The first-order valence-corrected chi connectivity index (χ1v) is 10.7. The zero-order chi connectivity index (χ0) is 22.1. The number of nitrogens with zero attached hydrogens (tertiary/aromatic N) is 3. The standard InChI is InChI=1S/C24H19ClFN3O3/c25-16-6-3-5-15(11-16)12-17-14-27-23(31-17)21-9-4-10-29(21)24(30)22-13-20(28-32-22)18-7-1-2-8-19(18)26/h1-3,5-8,11,13-14,21H,4,9-10,12H2. The Morgan fingerprint density at radius 1 is 1.19 bits per heavy atom. The molecule has 1 atom stereocenters. The van der Waals surface area contributed by atoms with Crippen molar-refractivity contribution in [2.75, 3.05) is 6.54 Å². The average Bonchev–Trinajstić information content (AvgIpc) is 3.54. The largest absolute Gasteiger partial charge is 0.443 e. The Morgan fingerprint density at radius 3 is 2.91 bits per heavy atom. The molecule has 0 N–H and O–H groups in total. The molecule has 3 heterocycles. The van der Waals surface area contributed by atoms with Gasteiger partial charge in [-0.1, -0.05) is 41.0 Å². The SMILES string of the molecule is O=C(c1cc(-c2ccccc2F)no1)N1CCCC1c1ncc(Cc2cccc(Cl)c2)o1. The molecule has 0 spiro atoms. The van der Waals surface area contributed by atoms with Gasteiger partial charge >= 0.3 is 0 Å². The van der Waals surface area contributed by atoms with Crippen LogP contribution in [-0.4, -0.2) is 27.5 Å². The molecule has 6 nitrogen and oxygen atoms in total. The molecule has 1 unspecified atom stereocenters. The van der Waals surface area contributed by atoms with Gasteiger partial charge in [-0.25, -0.2) is 9.37 Å². The highest BCUT2D eigenvalue weighted by molar-refractivity contribution is 6.30. The molecular weight excluding hydrogens is 433 g/mol. The van der Waals surface area contributed by atoms with Gasteiger partial charge < -0.3 is 13.8 Å². The number of carbonyl (C=O) groups is 1. The minimum Gasteiger partial charge on any atom is -0.443 e. The molecule has 32 heavy (non-hydrogen) atoms. The monoisotopic (exact) mass is 451 g/mol. The molecule has 0 saturated carbocycles. The van der Waals surface area contributed by atoms with Crippen LogP contribution in [0.4, 0.5) is 4.39 Å². The molecule has 1 amide bonds. The van der Waals surface area contributed by atoms with Gasteiger partial charge in [-0.2, -0.15) is 0 Å². The summed E-state index contributed by atoms with van der Waals surface area (Å²) in [5, 5.41) is 4.55. The van der Waals surface area contributed by atoms with Gasteiger partial charge in [0.05, 0.1) is 6.20 Å². The van der Waals surface area contributed by atoms with Crippen molar-refractivity contribution in [3.05, 3.63) is 94.6 Å². The van der Waals surface area contributed by atoms with Crippen molar-refractivity contribution >= 4 is 17.5 Å². The second-order valence-electron chi connectivity index (χ2n) is 7.68. The number of amides is 1.